The van der Waals surface area contributed by atoms with Gasteiger partial charge in [0, 0.05) is 48.8 Å². The Morgan fingerprint density at radius 3 is 2.51 bits per heavy atom. The van der Waals surface area contributed by atoms with Crippen LogP contribution in [0.1, 0.15) is 17.5 Å². The number of benzene rings is 3. The molecule has 0 bridgehead atoms. The number of aromatic hydroxyl groups is 1. The molecule has 11 heteroatoms. The summed E-state index contributed by atoms with van der Waals surface area (Å²) in [4.78, 5) is 34.6. The number of hydrogen-bond donors (Lipinski definition) is 2. The van der Waals surface area contributed by atoms with Gasteiger partial charge in [0.2, 0.25) is 12.7 Å². The number of aromatic amines is 1. The van der Waals surface area contributed by atoms with Gasteiger partial charge in [-0.1, -0.05) is 0 Å². The first-order chi connectivity index (χ1) is 18.7. The molecule has 2 N–H and O–H groups in total. The summed E-state index contributed by atoms with van der Waals surface area (Å²) in [6, 6.07) is 16.9. The molecular weight excluding hydrogens is 502 g/mol. The smallest absolute Gasteiger partial charge is 0.271 e. The van der Waals surface area contributed by atoms with E-state index in [-0.39, 0.29) is 24.3 Å². The van der Waals surface area contributed by atoms with E-state index in [0.29, 0.717) is 57.9 Å². The predicted octanol–water partition coefficient (Wildman–Crippen LogP) is 4.59. The molecule has 0 fully saturated rings. The van der Waals surface area contributed by atoms with E-state index >= 15 is 0 Å². The number of amides is 1. The lowest BCUT2D eigenvalue weighted by molar-refractivity contribution is -0.384. The summed E-state index contributed by atoms with van der Waals surface area (Å²) in [6.07, 6.45) is 0.398. The summed E-state index contributed by atoms with van der Waals surface area (Å²) < 4.78 is 11.0. The molecule has 11 nitrogen and oxygen atoms in total. The van der Waals surface area contributed by atoms with Crippen LogP contribution in [-0.2, 0) is 4.79 Å². The maximum absolute atomic E-state index is 12.5. The predicted molar refractivity (Wildman–Crippen MR) is 148 cm³/mol. The van der Waals surface area contributed by atoms with Gasteiger partial charge in [0.25, 0.3) is 5.69 Å². The lowest BCUT2D eigenvalue weighted by Crippen LogP contribution is -2.29. The third-order valence-electron chi connectivity index (χ3n) is 6.48. The van der Waals surface area contributed by atoms with Crippen LogP contribution in [0.5, 0.6) is 17.4 Å². The topological polar surface area (TPSA) is 134 Å². The number of nitro benzene ring substituents is 1. The summed E-state index contributed by atoms with van der Waals surface area (Å²) >= 11 is 0. The highest BCUT2D eigenvalue weighted by Crippen LogP contribution is 2.37. The molecule has 4 aromatic rings. The van der Waals surface area contributed by atoms with Crippen LogP contribution in [0, 0.1) is 10.1 Å². The lowest BCUT2D eigenvalue weighted by Gasteiger charge is -2.19. The fraction of sp³-hybridized carbons (Fsp3) is 0.214. The minimum Gasteiger partial charge on any atom is -0.494 e. The number of carbonyl (C=O) groups excluding carboxylic acids is 1. The van der Waals surface area contributed by atoms with Gasteiger partial charge in [-0.3, -0.25) is 14.9 Å². The summed E-state index contributed by atoms with van der Waals surface area (Å²) in [6.45, 7) is 0.761. The molecular formula is C28H27N5O6. The zero-order valence-corrected chi connectivity index (χ0v) is 21.7. The Labute approximate surface area is 224 Å². The van der Waals surface area contributed by atoms with E-state index in [2.05, 4.69) is 4.98 Å². The van der Waals surface area contributed by atoms with Gasteiger partial charge in [0.15, 0.2) is 17.4 Å². The van der Waals surface area contributed by atoms with Crippen LogP contribution in [-0.4, -0.2) is 66.0 Å². The number of aliphatic imine (C=N–C) groups is 1. The van der Waals surface area contributed by atoms with Crippen LogP contribution in [0.25, 0.3) is 10.9 Å². The normalized spacial score (nSPS) is 12.8. The molecule has 1 aliphatic rings. The number of aromatic nitrogens is 1. The second-order valence-electron chi connectivity index (χ2n) is 9.39. The molecule has 1 aliphatic heterocycles. The molecule has 200 valence electrons. The Morgan fingerprint density at radius 2 is 1.79 bits per heavy atom. The highest BCUT2D eigenvalue weighted by Gasteiger charge is 2.23. The number of nitro groups is 1. The number of anilines is 1. The van der Waals surface area contributed by atoms with Crippen LogP contribution in [0.3, 0.4) is 0 Å². The Balaban J connectivity index is 1.56. The Bertz CT molecular complexity index is 1590. The maximum Gasteiger partial charge on any atom is 0.271 e. The van der Waals surface area contributed by atoms with Crippen molar-refractivity contribution in [3.63, 3.8) is 0 Å². The highest BCUT2D eigenvalue weighted by molar-refractivity contribution is 6.22. The Morgan fingerprint density at radius 1 is 1.05 bits per heavy atom. The van der Waals surface area contributed by atoms with Crippen molar-refractivity contribution in [1.82, 2.24) is 9.88 Å². The van der Waals surface area contributed by atoms with E-state index in [4.69, 9.17) is 14.5 Å². The maximum atomic E-state index is 12.5. The zero-order chi connectivity index (χ0) is 27.7. The van der Waals surface area contributed by atoms with Gasteiger partial charge in [-0.15, -0.1) is 0 Å². The van der Waals surface area contributed by atoms with Crippen molar-refractivity contribution in [2.75, 3.05) is 39.4 Å². The second-order valence-corrected chi connectivity index (χ2v) is 9.39. The SMILES string of the molecule is CN(C)CCC(=O)N(C)c1ccc(N=C(c2ccc3c(c2)OCO3)c2c(O)[nH]c3cc([N+](=O)[O-])ccc23)cc1. The van der Waals surface area contributed by atoms with Crippen LogP contribution < -0.4 is 14.4 Å². The summed E-state index contributed by atoms with van der Waals surface area (Å²) in [5.74, 6) is 0.968. The first-order valence-corrected chi connectivity index (χ1v) is 12.2. The van der Waals surface area contributed by atoms with Gasteiger partial charge < -0.3 is 29.4 Å². The van der Waals surface area contributed by atoms with Crippen LogP contribution in [0.2, 0.25) is 0 Å². The first kappa shape index (κ1) is 25.7. The molecule has 2 heterocycles. The van der Waals surface area contributed by atoms with Gasteiger partial charge in [-0.25, -0.2) is 4.99 Å². The molecule has 0 radical (unpaired) electrons. The fourth-order valence-electron chi connectivity index (χ4n) is 4.34. The molecule has 1 amide bonds. The molecule has 0 saturated heterocycles. The number of ether oxygens (including phenoxy) is 2. The zero-order valence-electron chi connectivity index (χ0n) is 21.7. The number of H-pyrrole nitrogens is 1. The number of carbonyl (C=O) groups is 1. The molecule has 0 unspecified atom stereocenters. The van der Waals surface area contributed by atoms with Crippen molar-refractivity contribution < 1.29 is 24.3 Å². The largest absolute Gasteiger partial charge is 0.494 e. The second kappa shape index (κ2) is 10.5. The van der Waals surface area contributed by atoms with Gasteiger partial charge in [0.1, 0.15) is 0 Å². The van der Waals surface area contributed by atoms with E-state index in [0.717, 1.165) is 5.69 Å². The Hall–Kier alpha value is -4.90. The van der Waals surface area contributed by atoms with Gasteiger partial charge in [-0.05, 0) is 62.6 Å². The van der Waals surface area contributed by atoms with Crippen LogP contribution in [0.15, 0.2) is 65.7 Å². The molecule has 0 spiro atoms. The summed E-state index contributed by atoms with van der Waals surface area (Å²) in [5, 5.41) is 22.8. The molecule has 5 rings (SSSR count). The molecule has 1 aromatic heterocycles. The quantitative estimate of drug-likeness (QED) is 0.194. The highest BCUT2D eigenvalue weighted by atomic mass is 16.7. The van der Waals surface area contributed by atoms with Crippen LogP contribution >= 0.6 is 0 Å². The van der Waals surface area contributed by atoms with Gasteiger partial charge >= 0.3 is 0 Å². The number of hydrogen-bond acceptors (Lipinski definition) is 8. The molecule has 3 aromatic carbocycles. The summed E-state index contributed by atoms with van der Waals surface area (Å²) in [7, 11) is 5.58. The Kier molecular flexibility index (Phi) is 6.90. The first-order valence-electron chi connectivity index (χ1n) is 12.2. The van der Waals surface area contributed by atoms with Gasteiger partial charge in [0.05, 0.1) is 27.4 Å². The third-order valence-corrected chi connectivity index (χ3v) is 6.48. The van der Waals surface area contributed by atoms with E-state index < -0.39 is 4.92 Å². The van der Waals surface area contributed by atoms with Crippen molar-refractivity contribution in [1.29, 1.82) is 0 Å². The molecule has 0 atom stereocenters. The van der Waals surface area contributed by atoms with Crippen molar-refractivity contribution in [3.8, 4) is 17.4 Å². The number of non-ortho nitro benzene ring substituents is 1. The van der Waals surface area contributed by atoms with E-state index in [1.807, 2.05) is 37.2 Å². The number of rotatable bonds is 8. The molecule has 0 aliphatic carbocycles. The fourth-order valence-corrected chi connectivity index (χ4v) is 4.34. The van der Waals surface area contributed by atoms with Crippen molar-refractivity contribution in [2.45, 2.75) is 6.42 Å². The lowest BCUT2D eigenvalue weighted by atomic mass is 10.00. The minimum absolute atomic E-state index is 0.00110. The molecule has 39 heavy (non-hydrogen) atoms. The molecule has 0 saturated carbocycles. The third kappa shape index (κ3) is 5.25. The average molecular weight is 530 g/mol. The number of nitrogens with zero attached hydrogens (tertiary/aromatic N) is 4. The minimum atomic E-state index is -0.492. The van der Waals surface area contributed by atoms with Crippen molar-refractivity contribution >= 4 is 39.6 Å². The van der Waals surface area contributed by atoms with Crippen LogP contribution in [0.4, 0.5) is 17.1 Å². The summed E-state index contributed by atoms with van der Waals surface area (Å²) in [5.41, 5.74) is 3.07. The van der Waals surface area contributed by atoms with Crippen molar-refractivity contribution in [3.05, 3.63) is 81.9 Å². The van der Waals surface area contributed by atoms with Crippen molar-refractivity contribution in [2.24, 2.45) is 4.99 Å². The number of fused-ring (bicyclic) bond motifs is 2. The standard InChI is InChI=1S/C28H27N5O6/c1-31(2)13-12-25(34)32(3)19-7-5-18(6-8-19)29-27(17-4-11-23-24(14-17)39-16-38-23)26-21-10-9-20(33(36)37)15-22(21)30-28(26)35/h4-11,14-15,30,35H,12-13,16H2,1-3H3. The van der Waals surface area contributed by atoms with E-state index in [1.165, 1.54) is 12.1 Å². The number of nitrogens with one attached hydrogen (secondary N) is 1. The van der Waals surface area contributed by atoms with Gasteiger partial charge in [-0.2, -0.15) is 0 Å². The average Bonchev–Trinajstić information content (AvgIpc) is 3.52. The van der Waals surface area contributed by atoms with E-state index in [9.17, 15) is 20.0 Å². The van der Waals surface area contributed by atoms with E-state index in [1.54, 1.807) is 42.3 Å². The monoisotopic (exact) mass is 529 g/mol.